The van der Waals surface area contributed by atoms with Crippen LogP contribution < -0.4 is 0 Å². The Kier molecular flexibility index (Phi) is 3.25. The molecule has 1 heterocycles. The van der Waals surface area contributed by atoms with Crippen molar-refractivity contribution in [1.29, 1.82) is 0 Å². The van der Waals surface area contributed by atoms with E-state index in [1.54, 1.807) is 0 Å². The second kappa shape index (κ2) is 4.66. The maximum absolute atomic E-state index is 5.81. The minimum atomic E-state index is 0.396. The predicted octanol–water partition coefficient (Wildman–Crippen LogP) is 3.01. The van der Waals surface area contributed by atoms with Crippen molar-refractivity contribution in [2.24, 2.45) is 0 Å². The Morgan fingerprint density at radius 3 is 2.44 bits per heavy atom. The third-order valence-electron chi connectivity index (χ3n) is 2.57. The highest BCUT2D eigenvalue weighted by Crippen LogP contribution is 2.19. The highest BCUT2D eigenvalue weighted by Gasteiger charge is 2.10. The normalized spacial score (nSPS) is 10.7. The van der Waals surface area contributed by atoms with Crippen LogP contribution in [0.2, 0.25) is 0 Å². The van der Waals surface area contributed by atoms with Crippen molar-refractivity contribution in [2.75, 3.05) is 0 Å². The summed E-state index contributed by atoms with van der Waals surface area (Å²) in [7, 11) is 0. The van der Waals surface area contributed by atoms with Crippen LogP contribution in [0, 0.1) is 6.92 Å². The van der Waals surface area contributed by atoms with Crippen LogP contribution in [-0.4, -0.2) is 14.8 Å². The molecule has 0 fully saturated rings. The van der Waals surface area contributed by atoms with Gasteiger partial charge in [0.2, 0.25) is 0 Å². The van der Waals surface area contributed by atoms with E-state index in [1.807, 2.05) is 4.57 Å². The summed E-state index contributed by atoms with van der Waals surface area (Å²) >= 11 is 5.81. The molecule has 0 aliphatic heterocycles. The maximum Gasteiger partial charge on any atom is 0.163 e. The molecule has 0 atom stereocenters. The molecule has 2 rings (SSSR count). The van der Waals surface area contributed by atoms with Crippen LogP contribution in [-0.2, 0) is 12.4 Å². The molecule has 84 valence electrons. The highest BCUT2D eigenvalue weighted by molar-refractivity contribution is 6.16. The van der Waals surface area contributed by atoms with E-state index in [-0.39, 0.29) is 0 Å². The molecule has 0 saturated heterocycles. The molecule has 0 unspecified atom stereocenters. The number of hydrogen-bond donors (Lipinski definition) is 0. The van der Waals surface area contributed by atoms with Crippen LogP contribution in [0.25, 0.3) is 11.4 Å². The summed E-state index contributed by atoms with van der Waals surface area (Å²) in [6.07, 6.45) is 0. The molecule has 0 aliphatic carbocycles. The topological polar surface area (TPSA) is 30.7 Å². The van der Waals surface area contributed by atoms with Gasteiger partial charge in [-0.2, -0.15) is 0 Å². The van der Waals surface area contributed by atoms with Crippen LogP contribution in [0.5, 0.6) is 0 Å². The molecule has 1 aromatic carbocycles. The number of hydrogen-bond acceptors (Lipinski definition) is 2. The minimum absolute atomic E-state index is 0.396. The first kappa shape index (κ1) is 11.1. The molecule has 1 aromatic heterocycles. The summed E-state index contributed by atoms with van der Waals surface area (Å²) in [5, 5.41) is 8.27. The van der Waals surface area contributed by atoms with Gasteiger partial charge in [-0.3, -0.25) is 0 Å². The van der Waals surface area contributed by atoms with Crippen LogP contribution in [0.15, 0.2) is 24.3 Å². The summed E-state index contributed by atoms with van der Waals surface area (Å²) in [4.78, 5) is 0. The number of nitrogens with zero attached hydrogens (tertiary/aromatic N) is 3. The van der Waals surface area contributed by atoms with Gasteiger partial charge in [-0.05, 0) is 13.8 Å². The van der Waals surface area contributed by atoms with Crippen molar-refractivity contribution in [1.82, 2.24) is 14.8 Å². The lowest BCUT2D eigenvalue weighted by Crippen LogP contribution is -2.01. The van der Waals surface area contributed by atoms with Crippen molar-refractivity contribution >= 4 is 11.6 Å². The fraction of sp³-hybridized carbons (Fsp3) is 0.333. The molecule has 0 spiro atoms. The van der Waals surface area contributed by atoms with E-state index in [4.69, 9.17) is 11.6 Å². The Morgan fingerprint density at radius 2 is 1.88 bits per heavy atom. The quantitative estimate of drug-likeness (QED) is 0.766. The number of alkyl halides is 1. The van der Waals surface area contributed by atoms with E-state index < -0.39 is 0 Å². The standard InChI is InChI=1S/C12H14ClN3/c1-3-16-11(8-13)14-15-12(16)10-6-4-9(2)5-7-10/h4-7H,3,8H2,1-2H3. The van der Waals surface area contributed by atoms with E-state index >= 15 is 0 Å². The van der Waals surface area contributed by atoms with Crippen molar-refractivity contribution in [3.8, 4) is 11.4 Å². The summed E-state index contributed by atoms with van der Waals surface area (Å²) in [5.41, 5.74) is 2.32. The predicted molar refractivity (Wildman–Crippen MR) is 65.4 cm³/mol. The lowest BCUT2D eigenvalue weighted by atomic mass is 10.1. The molecule has 0 N–H and O–H groups in total. The first-order valence-corrected chi connectivity index (χ1v) is 5.84. The van der Waals surface area contributed by atoms with Gasteiger partial charge in [0.15, 0.2) is 5.82 Å². The van der Waals surface area contributed by atoms with Gasteiger partial charge < -0.3 is 4.57 Å². The first-order valence-electron chi connectivity index (χ1n) is 5.31. The van der Waals surface area contributed by atoms with Crippen LogP contribution >= 0.6 is 11.6 Å². The van der Waals surface area contributed by atoms with Gasteiger partial charge in [-0.25, -0.2) is 0 Å². The van der Waals surface area contributed by atoms with Crippen LogP contribution in [0.4, 0.5) is 0 Å². The van der Waals surface area contributed by atoms with Gasteiger partial charge in [0, 0.05) is 12.1 Å². The average Bonchev–Trinajstić information content (AvgIpc) is 2.72. The van der Waals surface area contributed by atoms with Crippen molar-refractivity contribution in [2.45, 2.75) is 26.3 Å². The molecular formula is C12H14ClN3. The molecule has 3 nitrogen and oxygen atoms in total. The Hall–Kier alpha value is -1.35. The average molecular weight is 236 g/mol. The number of rotatable bonds is 3. The summed E-state index contributed by atoms with van der Waals surface area (Å²) in [6.45, 7) is 4.97. The van der Waals surface area contributed by atoms with E-state index in [1.165, 1.54) is 5.56 Å². The molecule has 0 aliphatic rings. The largest absolute Gasteiger partial charge is 0.310 e. The zero-order valence-electron chi connectivity index (χ0n) is 9.44. The SMILES string of the molecule is CCn1c(CCl)nnc1-c1ccc(C)cc1. The summed E-state index contributed by atoms with van der Waals surface area (Å²) in [6, 6.07) is 8.27. The molecule has 0 radical (unpaired) electrons. The van der Waals surface area contributed by atoms with Gasteiger partial charge in [-0.1, -0.05) is 29.8 Å². The fourth-order valence-corrected chi connectivity index (χ4v) is 1.88. The lowest BCUT2D eigenvalue weighted by molar-refractivity contribution is 0.731. The molecule has 0 bridgehead atoms. The Balaban J connectivity index is 2.47. The van der Waals surface area contributed by atoms with Gasteiger partial charge in [0.1, 0.15) is 5.82 Å². The number of benzene rings is 1. The van der Waals surface area contributed by atoms with Gasteiger partial charge in [0.25, 0.3) is 0 Å². The molecule has 2 aromatic rings. The van der Waals surface area contributed by atoms with Crippen LogP contribution in [0.1, 0.15) is 18.3 Å². The third-order valence-corrected chi connectivity index (χ3v) is 2.81. The van der Waals surface area contributed by atoms with Gasteiger partial charge >= 0.3 is 0 Å². The number of halogens is 1. The summed E-state index contributed by atoms with van der Waals surface area (Å²) in [5.74, 6) is 2.10. The van der Waals surface area contributed by atoms with E-state index in [2.05, 4.69) is 48.3 Å². The Morgan fingerprint density at radius 1 is 1.19 bits per heavy atom. The van der Waals surface area contributed by atoms with Crippen molar-refractivity contribution < 1.29 is 0 Å². The van der Waals surface area contributed by atoms with Gasteiger partial charge in [0.05, 0.1) is 5.88 Å². The van der Waals surface area contributed by atoms with Crippen molar-refractivity contribution in [3.05, 3.63) is 35.7 Å². The Bertz CT molecular complexity index is 474. The van der Waals surface area contributed by atoms with Gasteiger partial charge in [-0.15, -0.1) is 21.8 Å². The molecule has 4 heteroatoms. The van der Waals surface area contributed by atoms with Crippen molar-refractivity contribution in [3.63, 3.8) is 0 Å². The molecule has 0 saturated carbocycles. The molecule has 0 amide bonds. The minimum Gasteiger partial charge on any atom is -0.310 e. The Labute approximate surface area is 100 Å². The zero-order chi connectivity index (χ0) is 11.5. The molecule has 16 heavy (non-hydrogen) atoms. The first-order chi connectivity index (χ1) is 7.76. The maximum atomic E-state index is 5.81. The van der Waals surface area contributed by atoms with E-state index in [0.29, 0.717) is 5.88 Å². The van der Waals surface area contributed by atoms with Crippen LogP contribution in [0.3, 0.4) is 0 Å². The fourth-order valence-electron chi connectivity index (χ4n) is 1.68. The van der Waals surface area contributed by atoms with E-state index in [9.17, 15) is 0 Å². The smallest absolute Gasteiger partial charge is 0.163 e. The second-order valence-corrected chi connectivity index (χ2v) is 3.95. The third kappa shape index (κ3) is 1.95. The highest BCUT2D eigenvalue weighted by atomic mass is 35.5. The second-order valence-electron chi connectivity index (χ2n) is 3.68. The summed E-state index contributed by atoms with van der Waals surface area (Å²) < 4.78 is 2.04. The number of aromatic nitrogens is 3. The lowest BCUT2D eigenvalue weighted by Gasteiger charge is -2.05. The zero-order valence-corrected chi connectivity index (χ0v) is 10.2. The van der Waals surface area contributed by atoms with E-state index in [0.717, 1.165) is 23.8 Å². The number of aryl methyl sites for hydroxylation is 1. The monoisotopic (exact) mass is 235 g/mol. The molecular weight excluding hydrogens is 222 g/mol.